The number of nitrogens with one attached hydrogen (secondary N) is 1. The highest BCUT2D eigenvalue weighted by Crippen LogP contribution is 2.29. The van der Waals surface area contributed by atoms with Crippen LogP contribution in [0.4, 0.5) is 18.9 Å². The molecule has 1 amide bonds. The van der Waals surface area contributed by atoms with Gasteiger partial charge in [0.05, 0.1) is 11.3 Å². The second-order valence-corrected chi connectivity index (χ2v) is 4.18. The number of rotatable bonds is 3. The van der Waals surface area contributed by atoms with Crippen LogP contribution >= 0.6 is 0 Å². The molecule has 4 nitrogen and oxygen atoms in total. The van der Waals surface area contributed by atoms with Crippen LogP contribution < -0.4 is 5.32 Å². The number of carboxylic acid groups (broad SMARTS) is 1. The Morgan fingerprint density at radius 2 is 1.84 bits per heavy atom. The molecule has 0 atom stereocenters. The molecule has 1 aromatic carbocycles. The molecule has 104 valence electrons. The lowest BCUT2D eigenvalue weighted by molar-refractivity contribution is -0.167. The summed E-state index contributed by atoms with van der Waals surface area (Å²) < 4.78 is 36.7. The molecule has 1 aromatic rings. The predicted octanol–water partition coefficient (Wildman–Crippen LogP) is 3.01. The Labute approximate surface area is 107 Å². The van der Waals surface area contributed by atoms with Gasteiger partial charge in [-0.15, -0.1) is 0 Å². The van der Waals surface area contributed by atoms with Crippen molar-refractivity contribution in [1.29, 1.82) is 0 Å². The van der Waals surface area contributed by atoms with Gasteiger partial charge in [0.15, 0.2) is 0 Å². The third kappa shape index (κ3) is 3.46. The number of hydrogen-bond donors (Lipinski definition) is 2. The lowest BCUT2D eigenvalue weighted by Crippen LogP contribution is -2.31. The lowest BCUT2D eigenvalue weighted by Gasteiger charge is -2.17. The maximum atomic E-state index is 12.2. The van der Waals surface area contributed by atoms with Gasteiger partial charge in [0.25, 0.3) is 0 Å². The number of hydrogen-bond acceptors (Lipinski definition) is 2. The minimum atomic E-state index is -5.07. The summed E-state index contributed by atoms with van der Waals surface area (Å²) in [4.78, 5) is 21.9. The van der Waals surface area contributed by atoms with Crippen molar-refractivity contribution in [1.82, 2.24) is 0 Å². The molecule has 1 rings (SSSR count). The van der Waals surface area contributed by atoms with Crippen LogP contribution in [0.5, 0.6) is 0 Å². The molecular formula is C12H12F3NO3. The molecule has 0 saturated carbocycles. The number of alkyl halides is 3. The van der Waals surface area contributed by atoms with Crippen molar-refractivity contribution in [2.24, 2.45) is 0 Å². The topological polar surface area (TPSA) is 66.4 Å². The van der Waals surface area contributed by atoms with Gasteiger partial charge in [-0.05, 0) is 17.5 Å². The van der Waals surface area contributed by atoms with Crippen LogP contribution in [0.15, 0.2) is 18.2 Å². The summed E-state index contributed by atoms with van der Waals surface area (Å²) in [6.07, 6.45) is -5.07. The molecule has 0 aliphatic carbocycles. The van der Waals surface area contributed by atoms with Crippen LogP contribution in [0.1, 0.15) is 35.7 Å². The van der Waals surface area contributed by atoms with Crippen molar-refractivity contribution < 1.29 is 27.9 Å². The van der Waals surface area contributed by atoms with Crippen LogP contribution in [0.2, 0.25) is 0 Å². The highest BCUT2D eigenvalue weighted by molar-refractivity contribution is 6.03. The first-order valence-corrected chi connectivity index (χ1v) is 5.39. The Morgan fingerprint density at radius 3 is 2.26 bits per heavy atom. The van der Waals surface area contributed by atoms with Gasteiger partial charge in [0.2, 0.25) is 0 Å². The van der Waals surface area contributed by atoms with Crippen LogP contribution in [0.3, 0.4) is 0 Å². The molecule has 0 bridgehead atoms. The van der Waals surface area contributed by atoms with E-state index >= 15 is 0 Å². The van der Waals surface area contributed by atoms with Gasteiger partial charge in [-0.3, -0.25) is 4.79 Å². The average Bonchev–Trinajstić information content (AvgIpc) is 2.27. The first kappa shape index (κ1) is 15.0. The number of para-hydroxylation sites is 1. The maximum absolute atomic E-state index is 12.2. The fraction of sp³-hybridized carbons (Fsp3) is 0.333. The fourth-order valence-corrected chi connectivity index (χ4v) is 1.55. The van der Waals surface area contributed by atoms with Crippen LogP contribution in [0.25, 0.3) is 0 Å². The summed E-state index contributed by atoms with van der Waals surface area (Å²) in [6, 6.07) is 4.03. The van der Waals surface area contributed by atoms with E-state index in [2.05, 4.69) is 0 Å². The van der Waals surface area contributed by atoms with E-state index in [1.54, 1.807) is 19.2 Å². The van der Waals surface area contributed by atoms with Gasteiger partial charge >= 0.3 is 18.1 Å². The summed E-state index contributed by atoms with van der Waals surface area (Å²) in [6.45, 7) is 3.37. The number of amides is 1. The van der Waals surface area contributed by atoms with Crippen LogP contribution in [-0.2, 0) is 4.79 Å². The summed E-state index contributed by atoms with van der Waals surface area (Å²) in [7, 11) is 0. The van der Waals surface area contributed by atoms with E-state index in [1.165, 1.54) is 12.1 Å². The molecule has 0 aliphatic heterocycles. The van der Waals surface area contributed by atoms with Crippen molar-refractivity contribution in [2.75, 3.05) is 5.32 Å². The van der Waals surface area contributed by atoms with Crippen LogP contribution in [-0.4, -0.2) is 23.2 Å². The predicted molar refractivity (Wildman–Crippen MR) is 62.2 cm³/mol. The third-order valence-electron chi connectivity index (χ3n) is 2.45. The molecule has 7 heteroatoms. The molecule has 0 saturated heterocycles. The molecule has 0 heterocycles. The van der Waals surface area contributed by atoms with Crippen molar-refractivity contribution in [3.05, 3.63) is 29.3 Å². The zero-order valence-electron chi connectivity index (χ0n) is 10.2. The average molecular weight is 275 g/mol. The first-order valence-electron chi connectivity index (χ1n) is 5.39. The second-order valence-electron chi connectivity index (χ2n) is 4.18. The quantitative estimate of drug-likeness (QED) is 0.891. The van der Waals surface area contributed by atoms with E-state index in [1.807, 2.05) is 0 Å². The normalized spacial score (nSPS) is 11.5. The molecule has 0 aliphatic rings. The molecule has 0 radical (unpaired) electrons. The Morgan fingerprint density at radius 1 is 1.26 bits per heavy atom. The zero-order valence-corrected chi connectivity index (χ0v) is 10.2. The number of anilines is 1. The van der Waals surface area contributed by atoms with E-state index in [0.29, 0.717) is 5.56 Å². The number of carboxylic acids is 1. The molecule has 0 fully saturated rings. The maximum Gasteiger partial charge on any atom is 0.471 e. The Hall–Kier alpha value is -2.05. The second kappa shape index (κ2) is 5.29. The zero-order chi connectivity index (χ0) is 14.8. The Bertz CT molecular complexity index is 509. The number of carbonyl (C=O) groups is 2. The van der Waals surface area contributed by atoms with E-state index < -0.39 is 18.1 Å². The molecule has 2 N–H and O–H groups in total. The summed E-state index contributed by atoms with van der Waals surface area (Å²) in [5.41, 5.74) is -0.353. The molecule has 0 unspecified atom stereocenters. The summed E-state index contributed by atoms with van der Waals surface area (Å²) in [5, 5.41) is 10.6. The Balaban J connectivity index is 3.30. The van der Waals surface area contributed by atoms with Crippen molar-refractivity contribution in [3.8, 4) is 0 Å². The smallest absolute Gasteiger partial charge is 0.471 e. The molecule has 0 aromatic heterocycles. The van der Waals surface area contributed by atoms with Gasteiger partial charge in [0.1, 0.15) is 0 Å². The standard InChI is InChI=1S/C12H12F3NO3/c1-6(2)7-4-3-5-8(10(17)18)9(7)16-11(19)12(13,14)15/h3-6H,1-2H3,(H,16,19)(H,17,18). The molecule has 19 heavy (non-hydrogen) atoms. The van der Waals surface area contributed by atoms with E-state index in [9.17, 15) is 22.8 Å². The largest absolute Gasteiger partial charge is 0.478 e. The van der Waals surface area contributed by atoms with E-state index in [0.717, 1.165) is 6.07 Å². The minimum Gasteiger partial charge on any atom is -0.478 e. The van der Waals surface area contributed by atoms with Gasteiger partial charge in [-0.2, -0.15) is 13.2 Å². The van der Waals surface area contributed by atoms with Gasteiger partial charge in [-0.1, -0.05) is 26.0 Å². The van der Waals surface area contributed by atoms with Gasteiger partial charge < -0.3 is 10.4 Å². The van der Waals surface area contributed by atoms with Crippen molar-refractivity contribution in [3.63, 3.8) is 0 Å². The minimum absolute atomic E-state index is 0.233. The Kier molecular flexibility index (Phi) is 4.18. The highest BCUT2D eigenvalue weighted by Gasteiger charge is 2.39. The number of aromatic carboxylic acids is 1. The van der Waals surface area contributed by atoms with E-state index in [4.69, 9.17) is 5.11 Å². The number of benzene rings is 1. The van der Waals surface area contributed by atoms with Crippen molar-refractivity contribution >= 4 is 17.6 Å². The molecule has 0 spiro atoms. The first-order chi connectivity index (χ1) is 8.64. The number of halogens is 3. The van der Waals surface area contributed by atoms with Crippen LogP contribution in [0, 0.1) is 0 Å². The van der Waals surface area contributed by atoms with E-state index in [-0.39, 0.29) is 17.2 Å². The third-order valence-corrected chi connectivity index (χ3v) is 2.45. The fourth-order valence-electron chi connectivity index (χ4n) is 1.55. The molecular weight excluding hydrogens is 263 g/mol. The number of carbonyl (C=O) groups excluding carboxylic acids is 1. The van der Waals surface area contributed by atoms with Gasteiger partial charge in [0, 0.05) is 0 Å². The summed E-state index contributed by atoms with van der Waals surface area (Å²) in [5.74, 6) is -3.83. The SMILES string of the molecule is CC(C)c1cccc(C(=O)O)c1NC(=O)C(F)(F)F. The van der Waals surface area contributed by atoms with Crippen molar-refractivity contribution in [2.45, 2.75) is 25.9 Å². The monoisotopic (exact) mass is 275 g/mol. The van der Waals surface area contributed by atoms with Gasteiger partial charge in [-0.25, -0.2) is 4.79 Å². The highest BCUT2D eigenvalue weighted by atomic mass is 19.4. The summed E-state index contributed by atoms with van der Waals surface area (Å²) >= 11 is 0. The lowest BCUT2D eigenvalue weighted by atomic mass is 9.97.